The van der Waals surface area contributed by atoms with Gasteiger partial charge >= 0.3 is 6.18 Å². The number of anilines is 1. The molecule has 1 heterocycles. The molecule has 1 amide bonds. The normalized spacial score (nSPS) is 11.0. The summed E-state index contributed by atoms with van der Waals surface area (Å²) < 4.78 is 37.7. The number of alkyl halides is 3. The topological polar surface area (TPSA) is 52.9 Å². The van der Waals surface area contributed by atoms with Crippen LogP contribution in [0.1, 0.15) is 20.8 Å². The number of carbonyl (C=O) groups excluding carboxylic acids is 1. The molecule has 0 fully saturated rings. The Labute approximate surface area is 126 Å². The molecule has 0 unspecified atom stereocenters. The number of halogens is 4. The standard InChI is InChI=1S/C13H6ClF3N2OS/c14-9-3-4-21-11(9)12(20)19-10-2-1-8(13(15,16)17)5-7(10)6-18/h1-5H,(H,19,20). The molecule has 1 aromatic heterocycles. The predicted molar refractivity (Wildman–Crippen MR) is 73.4 cm³/mol. The highest BCUT2D eigenvalue weighted by Crippen LogP contribution is 2.32. The van der Waals surface area contributed by atoms with Crippen LogP contribution in [0.3, 0.4) is 0 Å². The van der Waals surface area contributed by atoms with Gasteiger partial charge in [0, 0.05) is 0 Å². The Morgan fingerprint density at radius 3 is 2.57 bits per heavy atom. The van der Waals surface area contributed by atoms with Gasteiger partial charge in [0.15, 0.2) is 0 Å². The number of thiophene rings is 1. The molecular weight excluding hydrogens is 325 g/mol. The van der Waals surface area contributed by atoms with Crippen molar-refractivity contribution in [2.24, 2.45) is 0 Å². The molecule has 0 saturated carbocycles. The average molecular weight is 331 g/mol. The zero-order valence-corrected chi connectivity index (χ0v) is 11.7. The highest BCUT2D eigenvalue weighted by molar-refractivity contribution is 7.12. The quantitative estimate of drug-likeness (QED) is 0.878. The van der Waals surface area contributed by atoms with E-state index in [0.717, 1.165) is 23.5 Å². The van der Waals surface area contributed by atoms with Crippen LogP contribution in [0, 0.1) is 11.3 Å². The second-order valence-electron chi connectivity index (χ2n) is 3.92. The Bertz CT molecular complexity index is 734. The fourth-order valence-corrected chi connectivity index (χ4v) is 2.59. The third-order valence-corrected chi connectivity index (χ3v) is 3.88. The minimum absolute atomic E-state index is 0.0000309. The third kappa shape index (κ3) is 3.35. The van der Waals surface area contributed by atoms with Crippen LogP contribution >= 0.6 is 22.9 Å². The predicted octanol–water partition coefficient (Wildman–Crippen LogP) is 4.54. The molecule has 1 aromatic carbocycles. The second kappa shape index (κ2) is 5.76. The fourth-order valence-electron chi connectivity index (χ4n) is 1.56. The van der Waals surface area contributed by atoms with Gasteiger partial charge < -0.3 is 5.32 Å². The molecule has 0 aliphatic heterocycles. The molecular formula is C13H6ClF3N2OS. The van der Waals surface area contributed by atoms with E-state index in [1.165, 1.54) is 6.07 Å². The zero-order chi connectivity index (χ0) is 15.6. The van der Waals surface area contributed by atoms with E-state index in [2.05, 4.69) is 5.32 Å². The Morgan fingerprint density at radius 1 is 1.33 bits per heavy atom. The van der Waals surface area contributed by atoms with E-state index in [-0.39, 0.29) is 21.2 Å². The maximum Gasteiger partial charge on any atom is 0.416 e. The van der Waals surface area contributed by atoms with Gasteiger partial charge in [0.05, 0.1) is 21.8 Å². The van der Waals surface area contributed by atoms with Crippen molar-refractivity contribution in [3.63, 3.8) is 0 Å². The number of nitriles is 1. The maximum absolute atomic E-state index is 12.6. The Morgan fingerprint density at radius 2 is 2.05 bits per heavy atom. The van der Waals surface area contributed by atoms with Crippen molar-refractivity contribution in [1.29, 1.82) is 5.26 Å². The fraction of sp³-hybridized carbons (Fsp3) is 0.0769. The van der Waals surface area contributed by atoms with Crippen molar-refractivity contribution in [1.82, 2.24) is 0 Å². The summed E-state index contributed by atoms with van der Waals surface area (Å²) in [7, 11) is 0. The first-order valence-electron chi connectivity index (χ1n) is 5.48. The molecule has 2 aromatic rings. The number of nitrogens with zero attached hydrogens (tertiary/aromatic N) is 1. The minimum Gasteiger partial charge on any atom is -0.320 e. The van der Waals surface area contributed by atoms with Gasteiger partial charge in [0.25, 0.3) is 5.91 Å². The Balaban J connectivity index is 2.31. The molecule has 21 heavy (non-hydrogen) atoms. The lowest BCUT2D eigenvalue weighted by Gasteiger charge is -2.10. The van der Waals surface area contributed by atoms with Gasteiger partial charge in [-0.2, -0.15) is 18.4 Å². The van der Waals surface area contributed by atoms with Crippen molar-refractivity contribution in [2.75, 3.05) is 5.32 Å². The summed E-state index contributed by atoms with van der Waals surface area (Å²) in [5, 5.41) is 13.1. The van der Waals surface area contributed by atoms with Gasteiger partial charge in [-0.1, -0.05) is 11.6 Å². The molecule has 0 saturated heterocycles. The van der Waals surface area contributed by atoms with Crippen LogP contribution in [-0.2, 0) is 6.18 Å². The summed E-state index contributed by atoms with van der Waals surface area (Å²) in [6.45, 7) is 0. The van der Waals surface area contributed by atoms with E-state index in [0.29, 0.717) is 6.07 Å². The number of nitrogens with one attached hydrogen (secondary N) is 1. The molecule has 1 N–H and O–H groups in total. The van der Waals surface area contributed by atoms with Crippen LogP contribution < -0.4 is 5.32 Å². The van der Waals surface area contributed by atoms with Crippen molar-refractivity contribution < 1.29 is 18.0 Å². The number of hydrogen-bond donors (Lipinski definition) is 1. The lowest BCUT2D eigenvalue weighted by Crippen LogP contribution is -2.13. The first kappa shape index (κ1) is 15.4. The highest BCUT2D eigenvalue weighted by Gasteiger charge is 2.31. The molecule has 0 aliphatic rings. The lowest BCUT2D eigenvalue weighted by molar-refractivity contribution is -0.137. The van der Waals surface area contributed by atoms with Gasteiger partial charge in [0.2, 0.25) is 0 Å². The van der Waals surface area contributed by atoms with E-state index in [4.69, 9.17) is 16.9 Å². The third-order valence-electron chi connectivity index (χ3n) is 2.54. The smallest absolute Gasteiger partial charge is 0.320 e. The Hall–Kier alpha value is -2.04. The first-order chi connectivity index (χ1) is 9.82. The van der Waals surface area contributed by atoms with Crippen molar-refractivity contribution in [3.8, 4) is 6.07 Å². The molecule has 0 spiro atoms. The largest absolute Gasteiger partial charge is 0.416 e. The van der Waals surface area contributed by atoms with Gasteiger partial charge in [0.1, 0.15) is 10.9 Å². The van der Waals surface area contributed by atoms with E-state index in [1.54, 1.807) is 11.4 Å². The highest BCUT2D eigenvalue weighted by atomic mass is 35.5. The molecule has 0 radical (unpaired) electrons. The van der Waals surface area contributed by atoms with Crippen molar-refractivity contribution in [3.05, 3.63) is 50.7 Å². The number of rotatable bonds is 2. The van der Waals surface area contributed by atoms with E-state index in [1.807, 2.05) is 0 Å². The summed E-state index contributed by atoms with van der Waals surface area (Å²) in [5.41, 5.74) is -1.22. The molecule has 0 bridgehead atoms. The maximum atomic E-state index is 12.6. The molecule has 0 aliphatic carbocycles. The number of hydrogen-bond acceptors (Lipinski definition) is 3. The summed E-state index contributed by atoms with van der Waals surface area (Å²) >= 11 is 6.89. The van der Waals surface area contributed by atoms with Crippen LogP contribution in [0.15, 0.2) is 29.6 Å². The van der Waals surface area contributed by atoms with Gasteiger partial charge in [-0.15, -0.1) is 11.3 Å². The zero-order valence-electron chi connectivity index (χ0n) is 10.2. The van der Waals surface area contributed by atoms with Crippen LogP contribution in [0.5, 0.6) is 0 Å². The van der Waals surface area contributed by atoms with Gasteiger partial charge in [-0.25, -0.2) is 0 Å². The first-order valence-corrected chi connectivity index (χ1v) is 6.74. The monoisotopic (exact) mass is 330 g/mol. The Kier molecular flexibility index (Phi) is 4.21. The van der Waals surface area contributed by atoms with Crippen LogP contribution in [0.4, 0.5) is 18.9 Å². The summed E-state index contributed by atoms with van der Waals surface area (Å²) in [4.78, 5) is 12.2. The van der Waals surface area contributed by atoms with Gasteiger partial charge in [-0.3, -0.25) is 4.79 Å². The van der Waals surface area contributed by atoms with Crippen LogP contribution in [-0.4, -0.2) is 5.91 Å². The van der Waals surface area contributed by atoms with Crippen LogP contribution in [0.25, 0.3) is 0 Å². The van der Waals surface area contributed by atoms with E-state index >= 15 is 0 Å². The number of benzene rings is 1. The molecule has 3 nitrogen and oxygen atoms in total. The number of carbonyl (C=O) groups is 1. The number of amides is 1. The van der Waals surface area contributed by atoms with Crippen molar-refractivity contribution >= 4 is 34.5 Å². The summed E-state index contributed by atoms with van der Waals surface area (Å²) in [5.74, 6) is -0.578. The van der Waals surface area contributed by atoms with Crippen LogP contribution in [0.2, 0.25) is 5.02 Å². The minimum atomic E-state index is -4.55. The van der Waals surface area contributed by atoms with E-state index in [9.17, 15) is 18.0 Å². The summed E-state index contributed by atoms with van der Waals surface area (Å²) in [6, 6.07) is 5.68. The van der Waals surface area contributed by atoms with E-state index < -0.39 is 17.6 Å². The molecule has 0 atom stereocenters. The molecule has 8 heteroatoms. The molecule has 2 rings (SSSR count). The molecule has 108 valence electrons. The average Bonchev–Trinajstić information content (AvgIpc) is 2.84. The van der Waals surface area contributed by atoms with Gasteiger partial charge in [-0.05, 0) is 29.6 Å². The SMILES string of the molecule is N#Cc1cc(C(F)(F)F)ccc1NC(=O)c1sccc1Cl. The lowest BCUT2D eigenvalue weighted by atomic mass is 10.1. The second-order valence-corrected chi connectivity index (χ2v) is 5.25. The van der Waals surface area contributed by atoms with Crippen molar-refractivity contribution in [2.45, 2.75) is 6.18 Å². The summed E-state index contributed by atoms with van der Waals surface area (Å²) in [6.07, 6.45) is -4.55.